The quantitative estimate of drug-likeness (QED) is 0.752. The molecule has 3 aromatic rings. The van der Waals surface area contributed by atoms with Crippen molar-refractivity contribution in [3.63, 3.8) is 0 Å². The molecule has 2 N–H and O–H groups in total. The first-order chi connectivity index (χ1) is 11.2. The van der Waals surface area contributed by atoms with Crippen LogP contribution in [0.4, 0.5) is 5.69 Å². The van der Waals surface area contributed by atoms with Crippen molar-refractivity contribution >= 4 is 17.5 Å². The van der Waals surface area contributed by atoms with E-state index in [-0.39, 0.29) is 18.2 Å². The SMILES string of the molecule is O=C(CNC(=O)c1ccco1)Nc1ccc(-n2ccnc2)cc1. The number of aromatic nitrogens is 2. The number of hydrogen-bond acceptors (Lipinski definition) is 4. The number of benzene rings is 1. The molecule has 0 fully saturated rings. The van der Waals surface area contributed by atoms with Crippen LogP contribution in [0.15, 0.2) is 65.8 Å². The number of nitrogens with one attached hydrogen (secondary N) is 2. The maximum atomic E-state index is 11.8. The molecular formula is C16H14N4O3. The maximum absolute atomic E-state index is 11.8. The van der Waals surface area contributed by atoms with Crippen LogP contribution >= 0.6 is 0 Å². The Hall–Kier alpha value is -3.35. The van der Waals surface area contributed by atoms with Crippen LogP contribution in [0.1, 0.15) is 10.6 Å². The molecule has 7 heteroatoms. The molecule has 3 rings (SSSR count). The van der Waals surface area contributed by atoms with Crippen molar-refractivity contribution in [3.05, 3.63) is 67.1 Å². The second-order valence-corrected chi connectivity index (χ2v) is 4.72. The highest BCUT2D eigenvalue weighted by molar-refractivity contribution is 5.98. The Morgan fingerprint density at radius 2 is 2.00 bits per heavy atom. The third-order valence-electron chi connectivity index (χ3n) is 3.11. The summed E-state index contributed by atoms with van der Waals surface area (Å²) in [5.74, 6) is -0.580. The Labute approximate surface area is 131 Å². The molecular weight excluding hydrogens is 296 g/mol. The van der Waals surface area contributed by atoms with Gasteiger partial charge in [0, 0.05) is 23.8 Å². The third-order valence-corrected chi connectivity index (χ3v) is 3.11. The van der Waals surface area contributed by atoms with E-state index in [9.17, 15) is 9.59 Å². The maximum Gasteiger partial charge on any atom is 0.287 e. The van der Waals surface area contributed by atoms with Crippen LogP contribution in [0.5, 0.6) is 0 Å². The lowest BCUT2D eigenvalue weighted by atomic mass is 10.2. The molecule has 2 heterocycles. The average Bonchev–Trinajstić information content (AvgIpc) is 3.26. The van der Waals surface area contributed by atoms with Gasteiger partial charge in [-0.2, -0.15) is 0 Å². The lowest BCUT2D eigenvalue weighted by Crippen LogP contribution is -2.32. The van der Waals surface area contributed by atoms with Gasteiger partial charge in [0.2, 0.25) is 5.91 Å². The van der Waals surface area contributed by atoms with Gasteiger partial charge in [0.15, 0.2) is 5.76 Å². The minimum absolute atomic E-state index is 0.136. The molecule has 0 unspecified atom stereocenters. The number of amides is 2. The second-order valence-electron chi connectivity index (χ2n) is 4.72. The first-order valence-electron chi connectivity index (χ1n) is 6.92. The summed E-state index contributed by atoms with van der Waals surface area (Å²) in [6.07, 6.45) is 6.61. The fraction of sp³-hybridized carbons (Fsp3) is 0.0625. The molecule has 0 spiro atoms. The summed E-state index contributed by atoms with van der Waals surface area (Å²) in [6, 6.07) is 10.4. The smallest absolute Gasteiger partial charge is 0.287 e. The number of anilines is 1. The summed E-state index contributed by atoms with van der Waals surface area (Å²) < 4.78 is 6.80. The Kier molecular flexibility index (Phi) is 4.19. The van der Waals surface area contributed by atoms with Gasteiger partial charge in [-0.25, -0.2) is 4.98 Å². The van der Waals surface area contributed by atoms with Crippen LogP contribution in [-0.4, -0.2) is 27.9 Å². The highest BCUT2D eigenvalue weighted by Gasteiger charge is 2.10. The van der Waals surface area contributed by atoms with E-state index < -0.39 is 5.91 Å². The fourth-order valence-corrected chi connectivity index (χ4v) is 1.99. The molecule has 2 amide bonds. The molecule has 0 bridgehead atoms. The predicted octanol–water partition coefficient (Wildman–Crippen LogP) is 1.83. The van der Waals surface area contributed by atoms with Gasteiger partial charge in [-0.15, -0.1) is 0 Å². The van der Waals surface area contributed by atoms with E-state index in [1.165, 1.54) is 12.3 Å². The third kappa shape index (κ3) is 3.65. The molecule has 116 valence electrons. The minimum atomic E-state index is -0.430. The molecule has 0 aliphatic heterocycles. The van der Waals surface area contributed by atoms with Gasteiger partial charge in [-0.1, -0.05) is 0 Å². The number of imidazole rings is 1. The number of nitrogens with zero attached hydrogens (tertiary/aromatic N) is 2. The van der Waals surface area contributed by atoms with Crippen molar-refractivity contribution < 1.29 is 14.0 Å². The van der Waals surface area contributed by atoms with Gasteiger partial charge in [0.05, 0.1) is 19.1 Å². The monoisotopic (exact) mass is 310 g/mol. The molecule has 0 radical (unpaired) electrons. The number of carbonyl (C=O) groups excluding carboxylic acids is 2. The number of hydrogen-bond donors (Lipinski definition) is 2. The Morgan fingerprint density at radius 3 is 2.65 bits per heavy atom. The summed E-state index contributed by atoms with van der Waals surface area (Å²) in [7, 11) is 0. The first-order valence-corrected chi connectivity index (χ1v) is 6.92. The molecule has 0 saturated heterocycles. The van der Waals surface area contributed by atoms with E-state index in [0.717, 1.165) is 5.69 Å². The van der Waals surface area contributed by atoms with Crippen LogP contribution in [0.3, 0.4) is 0 Å². The van der Waals surface area contributed by atoms with Crippen molar-refractivity contribution in [2.45, 2.75) is 0 Å². The second kappa shape index (κ2) is 6.61. The largest absolute Gasteiger partial charge is 0.459 e. The molecule has 2 aromatic heterocycles. The van der Waals surface area contributed by atoms with Crippen LogP contribution < -0.4 is 10.6 Å². The lowest BCUT2D eigenvalue weighted by Gasteiger charge is -2.07. The summed E-state index contributed by atoms with van der Waals surface area (Å²) >= 11 is 0. The summed E-state index contributed by atoms with van der Waals surface area (Å²) in [4.78, 5) is 27.5. The molecule has 0 aliphatic carbocycles. The van der Waals surface area contributed by atoms with Gasteiger partial charge in [-0.3, -0.25) is 9.59 Å². The van der Waals surface area contributed by atoms with E-state index >= 15 is 0 Å². The summed E-state index contributed by atoms with van der Waals surface area (Å²) in [5, 5.41) is 5.19. The average molecular weight is 310 g/mol. The van der Waals surface area contributed by atoms with Crippen molar-refractivity contribution in [3.8, 4) is 5.69 Å². The summed E-state index contributed by atoms with van der Waals surface area (Å²) in [5.41, 5.74) is 1.58. The first kappa shape index (κ1) is 14.6. The van der Waals surface area contributed by atoms with E-state index in [0.29, 0.717) is 5.69 Å². The number of furan rings is 1. The topological polar surface area (TPSA) is 89.2 Å². The van der Waals surface area contributed by atoms with Crippen molar-refractivity contribution in [2.75, 3.05) is 11.9 Å². The zero-order chi connectivity index (χ0) is 16.1. The van der Waals surface area contributed by atoms with E-state index in [1.807, 2.05) is 22.9 Å². The highest BCUT2D eigenvalue weighted by Crippen LogP contribution is 2.12. The zero-order valence-electron chi connectivity index (χ0n) is 12.1. The van der Waals surface area contributed by atoms with Gasteiger partial charge < -0.3 is 19.6 Å². The molecule has 0 aliphatic rings. The molecule has 23 heavy (non-hydrogen) atoms. The lowest BCUT2D eigenvalue weighted by molar-refractivity contribution is -0.115. The number of carbonyl (C=O) groups is 2. The summed E-state index contributed by atoms with van der Waals surface area (Å²) in [6.45, 7) is -0.136. The Bertz CT molecular complexity index is 777. The normalized spacial score (nSPS) is 10.3. The van der Waals surface area contributed by atoms with E-state index in [4.69, 9.17) is 4.42 Å². The molecule has 0 saturated carbocycles. The van der Waals surface area contributed by atoms with Crippen LogP contribution in [0.25, 0.3) is 5.69 Å². The van der Waals surface area contributed by atoms with Crippen molar-refractivity contribution in [1.82, 2.24) is 14.9 Å². The molecule has 1 aromatic carbocycles. The fourth-order valence-electron chi connectivity index (χ4n) is 1.99. The van der Waals surface area contributed by atoms with Crippen molar-refractivity contribution in [2.24, 2.45) is 0 Å². The van der Waals surface area contributed by atoms with E-state index in [1.54, 1.807) is 30.7 Å². The highest BCUT2D eigenvalue weighted by atomic mass is 16.3. The van der Waals surface area contributed by atoms with Gasteiger partial charge in [0.25, 0.3) is 5.91 Å². The zero-order valence-corrected chi connectivity index (χ0v) is 12.1. The number of rotatable bonds is 5. The van der Waals surface area contributed by atoms with Gasteiger partial charge in [0.1, 0.15) is 0 Å². The molecule has 0 atom stereocenters. The standard InChI is InChI=1S/C16H14N4O3/c21-15(10-18-16(22)14-2-1-9-23-14)19-12-3-5-13(6-4-12)20-8-7-17-11-20/h1-9,11H,10H2,(H,18,22)(H,19,21). The van der Waals surface area contributed by atoms with Gasteiger partial charge in [-0.05, 0) is 36.4 Å². The van der Waals surface area contributed by atoms with Crippen LogP contribution in [0, 0.1) is 0 Å². The van der Waals surface area contributed by atoms with Gasteiger partial charge >= 0.3 is 0 Å². The van der Waals surface area contributed by atoms with Crippen LogP contribution in [0.2, 0.25) is 0 Å². The minimum Gasteiger partial charge on any atom is -0.459 e. The molecule has 7 nitrogen and oxygen atoms in total. The Morgan fingerprint density at radius 1 is 1.17 bits per heavy atom. The Balaban J connectivity index is 1.53. The van der Waals surface area contributed by atoms with Crippen LogP contribution in [-0.2, 0) is 4.79 Å². The predicted molar refractivity (Wildman–Crippen MR) is 83.2 cm³/mol. The van der Waals surface area contributed by atoms with E-state index in [2.05, 4.69) is 15.6 Å². The van der Waals surface area contributed by atoms with Crippen molar-refractivity contribution in [1.29, 1.82) is 0 Å².